The van der Waals surface area contributed by atoms with Crippen LogP contribution in [0.3, 0.4) is 0 Å². The van der Waals surface area contributed by atoms with Gasteiger partial charge in [-0.3, -0.25) is 9.59 Å². The van der Waals surface area contributed by atoms with Crippen molar-refractivity contribution in [2.75, 3.05) is 6.54 Å². The van der Waals surface area contributed by atoms with E-state index in [2.05, 4.69) is 10.5 Å². The number of hydrogen-bond acceptors (Lipinski definition) is 4. The fourth-order valence-electron chi connectivity index (χ4n) is 4.90. The Morgan fingerprint density at radius 3 is 2.12 bits per heavy atom. The number of likely N-dealkylation sites (tertiary alicyclic amines) is 1. The summed E-state index contributed by atoms with van der Waals surface area (Å²) < 4.78 is 60.9. The lowest BCUT2D eigenvalue weighted by atomic mass is 9.91. The number of rotatable bonds is 7. The van der Waals surface area contributed by atoms with Crippen molar-refractivity contribution >= 4 is 11.8 Å². The standard InChI is InChI=1S/C28H29F4N3O3.C2H6/c1-14(2)23(22-12-15(3)34-38-22)28(37)35-11-5-6-21(35)27(36)33-16(4)17-7-9-18(10-8-17)24-25(31)19(29)13-20(30)26(24)32;1-2/h7-10,12-14,16,21,23H,5-6,11H2,1-4H3,(H,33,36);1-2H3. The first-order valence-electron chi connectivity index (χ1n) is 13.5. The Labute approximate surface area is 231 Å². The summed E-state index contributed by atoms with van der Waals surface area (Å²) in [6.45, 7) is 11.8. The lowest BCUT2D eigenvalue weighted by molar-refractivity contribution is -0.141. The first-order chi connectivity index (χ1) is 19.0. The highest BCUT2D eigenvalue weighted by atomic mass is 19.2. The van der Waals surface area contributed by atoms with Gasteiger partial charge in [0.2, 0.25) is 11.8 Å². The molecule has 1 saturated heterocycles. The van der Waals surface area contributed by atoms with Crippen LogP contribution in [0.15, 0.2) is 40.9 Å². The zero-order valence-electron chi connectivity index (χ0n) is 23.5. The van der Waals surface area contributed by atoms with Crippen molar-refractivity contribution in [2.24, 2.45) is 5.92 Å². The molecule has 0 radical (unpaired) electrons. The molecule has 216 valence electrons. The summed E-state index contributed by atoms with van der Waals surface area (Å²) in [5.74, 6) is -6.64. The van der Waals surface area contributed by atoms with Crippen molar-refractivity contribution in [3.8, 4) is 11.1 Å². The molecule has 6 nitrogen and oxygen atoms in total. The zero-order valence-corrected chi connectivity index (χ0v) is 23.5. The number of aromatic nitrogens is 1. The topological polar surface area (TPSA) is 75.4 Å². The average Bonchev–Trinajstić information content (AvgIpc) is 3.58. The molecule has 0 aliphatic carbocycles. The number of amides is 2. The Hall–Kier alpha value is -3.69. The van der Waals surface area contributed by atoms with Gasteiger partial charge in [-0.25, -0.2) is 17.6 Å². The quantitative estimate of drug-likeness (QED) is 0.253. The van der Waals surface area contributed by atoms with E-state index >= 15 is 0 Å². The fourth-order valence-corrected chi connectivity index (χ4v) is 4.90. The molecule has 1 aliphatic heterocycles. The maximum absolute atomic E-state index is 14.2. The van der Waals surface area contributed by atoms with Crippen LogP contribution < -0.4 is 5.32 Å². The summed E-state index contributed by atoms with van der Waals surface area (Å²) in [4.78, 5) is 28.3. The molecule has 1 fully saturated rings. The van der Waals surface area contributed by atoms with Gasteiger partial charge in [0.25, 0.3) is 0 Å². The van der Waals surface area contributed by atoms with E-state index in [-0.39, 0.29) is 29.4 Å². The van der Waals surface area contributed by atoms with E-state index in [1.807, 2.05) is 27.7 Å². The van der Waals surface area contributed by atoms with Gasteiger partial charge in [-0.1, -0.05) is 57.1 Å². The number of nitrogens with one attached hydrogen (secondary N) is 1. The van der Waals surface area contributed by atoms with Gasteiger partial charge in [0, 0.05) is 18.7 Å². The van der Waals surface area contributed by atoms with Crippen molar-refractivity contribution in [2.45, 2.75) is 72.4 Å². The van der Waals surface area contributed by atoms with E-state index in [4.69, 9.17) is 4.52 Å². The molecule has 2 heterocycles. The van der Waals surface area contributed by atoms with Gasteiger partial charge >= 0.3 is 0 Å². The predicted octanol–water partition coefficient (Wildman–Crippen LogP) is 6.84. The summed E-state index contributed by atoms with van der Waals surface area (Å²) in [6, 6.07) is 6.41. The van der Waals surface area contributed by atoms with E-state index < -0.39 is 46.8 Å². The van der Waals surface area contributed by atoms with Crippen LogP contribution in [0.4, 0.5) is 17.6 Å². The number of hydrogen-bond donors (Lipinski definition) is 1. The van der Waals surface area contributed by atoms with E-state index in [0.29, 0.717) is 36.4 Å². The minimum absolute atomic E-state index is 0.0457. The Bertz CT molecular complexity index is 1310. The van der Waals surface area contributed by atoms with Gasteiger partial charge in [-0.2, -0.15) is 0 Å². The molecule has 1 aromatic heterocycles. The highest BCUT2D eigenvalue weighted by Crippen LogP contribution is 2.32. The molecule has 1 N–H and O–H groups in total. The third-order valence-corrected chi connectivity index (χ3v) is 6.89. The second-order valence-electron chi connectivity index (χ2n) is 9.98. The number of benzene rings is 2. The van der Waals surface area contributed by atoms with Gasteiger partial charge in [0.15, 0.2) is 23.3 Å². The smallest absolute Gasteiger partial charge is 0.243 e. The second-order valence-corrected chi connectivity index (χ2v) is 9.98. The first kappa shape index (κ1) is 30.8. The zero-order chi connectivity index (χ0) is 29.7. The minimum Gasteiger partial charge on any atom is -0.360 e. The van der Waals surface area contributed by atoms with Crippen molar-refractivity contribution in [1.29, 1.82) is 0 Å². The minimum atomic E-state index is -1.49. The maximum Gasteiger partial charge on any atom is 0.243 e. The van der Waals surface area contributed by atoms with E-state index in [1.54, 1.807) is 24.8 Å². The van der Waals surface area contributed by atoms with Crippen LogP contribution in [0.2, 0.25) is 0 Å². The van der Waals surface area contributed by atoms with E-state index in [0.717, 1.165) is 0 Å². The van der Waals surface area contributed by atoms with Crippen molar-refractivity contribution in [3.63, 3.8) is 0 Å². The van der Waals surface area contributed by atoms with Crippen LogP contribution in [0.1, 0.15) is 76.4 Å². The van der Waals surface area contributed by atoms with Gasteiger partial charge < -0.3 is 14.7 Å². The summed E-state index contributed by atoms with van der Waals surface area (Å²) in [5.41, 5.74) is 0.429. The van der Waals surface area contributed by atoms with Gasteiger partial charge in [0.1, 0.15) is 17.7 Å². The molecular formula is C30H35F4N3O3. The van der Waals surface area contributed by atoms with Crippen molar-refractivity contribution in [3.05, 3.63) is 76.7 Å². The molecule has 4 rings (SSSR count). The number of carbonyl (C=O) groups excluding carboxylic acids is 2. The average molecular weight is 562 g/mol. The Morgan fingerprint density at radius 2 is 1.60 bits per heavy atom. The SMILES string of the molecule is CC.Cc1cc(C(C(=O)N2CCCC2C(=O)NC(C)c2ccc(-c3c(F)c(F)cc(F)c3F)cc2)C(C)C)on1. The molecule has 3 aromatic rings. The van der Waals surface area contributed by atoms with Crippen LogP contribution in [-0.4, -0.2) is 34.5 Å². The molecule has 10 heteroatoms. The van der Waals surface area contributed by atoms with Crippen LogP contribution in [-0.2, 0) is 9.59 Å². The molecule has 1 aliphatic rings. The van der Waals surface area contributed by atoms with Crippen LogP contribution >= 0.6 is 0 Å². The summed E-state index contributed by atoms with van der Waals surface area (Å²) >= 11 is 0. The van der Waals surface area contributed by atoms with Crippen LogP contribution in [0.5, 0.6) is 0 Å². The van der Waals surface area contributed by atoms with Gasteiger partial charge in [-0.05, 0) is 43.7 Å². The van der Waals surface area contributed by atoms with Crippen molar-refractivity contribution in [1.82, 2.24) is 15.4 Å². The molecule has 3 unspecified atom stereocenters. The summed E-state index contributed by atoms with van der Waals surface area (Å²) in [5, 5.41) is 6.79. The van der Waals surface area contributed by atoms with Gasteiger partial charge in [0.05, 0.1) is 17.3 Å². The second kappa shape index (κ2) is 13.1. The largest absolute Gasteiger partial charge is 0.360 e. The van der Waals surface area contributed by atoms with Crippen LogP contribution in [0, 0.1) is 36.1 Å². The highest BCUT2D eigenvalue weighted by molar-refractivity contribution is 5.91. The molecule has 3 atom stereocenters. The molecule has 0 saturated carbocycles. The first-order valence-corrected chi connectivity index (χ1v) is 13.5. The summed E-state index contributed by atoms with van der Waals surface area (Å²) in [6.07, 6.45) is 1.18. The molecule has 0 spiro atoms. The Kier molecular flexibility index (Phi) is 10.1. The lowest BCUT2D eigenvalue weighted by Crippen LogP contribution is -2.48. The summed E-state index contributed by atoms with van der Waals surface area (Å²) in [7, 11) is 0. The highest BCUT2D eigenvalue weighted by Gasteiger charge is 2.40. The maximum atomic E-state index is 14.2. The number of nitrogens with zero attached hydrogens (tertiary/aromatic N) is 2. The molecule has 0 bridgehead atoms. The normalized spacial score (nSPS) is 16.4. The van der Waals surface area contributed by atoms with Crippen molar-refractivity contribution < 1.29 is 31.7 Å². The Balaban J connectivity index is 0.00000216. The lowest BCUT2D eigenvalue weighted by Gasteiger charge is -2.29. The number of carbonyl (C=O) groups is 2. The van der Waals surface area contributed by atoms with E-state index in [1.165, 1.54) is 24.3 Å². The third kappa shape index (κ3) is 6.37. The van der Waals surface area contributed by atoms with E-state index in [9.17, 15) is 27.2 Å². The molecule has 40 heavy (non-hydrogen) atoms. The van der Waals surface area contributed by atoms with Crippen LogP contribution in [0.25, 0.3) is 11.1 Å². The predicted molar refractivity (Wildman–Crippen MR) is 143 cm³/mol. The molecule has 2 aromatic carbocycles. The number of aryl methyl sites for hydroxylation is 1. The monoisotopic (exact) mass is 561 g/mol. The Morgan fingerprint density at radius 1 is 1.00 bits per heavy atom. The molecular weight excluding hydrogens is 526 g/mol. The fraction of sp³-hybridized carbons (Fsp3) is 0.433. The number of halogens is 4. The third-order valence-electron chi connectivity index (χ3n) is 6.89. The van der Waals surface area contributed by atoms with Gasteiger partial charge in [-0.15, -0.1) is 0 Å². The molecule has 2 amide bonds.